The molecule has 0 bridgehead atoms. The lowest BCUT2D eigenvalue weighted by Gasteiger charge is -2.49. The molecule has 0 spiro atoms. The van der Waals surface area contributed by atoms with Crippen molar-refractivity contribution in [1.29, 1.82) is 0 Å². The van der Waals surface area contributed by atoms with E-state index in [9.17, 15) is 0 Å². The highest BCUT2D eigenvalue weighted by molar-refractivity contribution is 6.04. The Bertz CT molecular complexity index is 7230. The van der Waals surface area contributed by atoms with Crippen molar-refractivity contribution >= 4 is 43.1 Å². The fourth-order valence-corrected chi connectivity index (χ4v) is 20.0. The van der Waals surface area contributed by atoms with Gasteiger partial charge in [-0.1, -0.05) is 237 Å². The second-order valence-corrected chi connectivity index (χ2v) is 35.2. The van der Waals surface area contributed by atoms with E-state index >= 15 is 0 Å². The quantitative estimate of drug-likeness (QED) is 0.156. The molecule has 0 unspecified atom stereocenters. The topological polar surface area (TPSA) is 15.5 Å². The highest BCUT2D eigenvalue weighted by Crippen LogP contribution is 2.60. The molecule has 0 N–H and O–H groups in total. The number of aryl methyl sites for hydroxylation is 14. The third-order valence-corrected chi connectivity index (χ3v) is 27.4. The highest BCUT2D eigenvalue weighted by Gasteiger charge is 2.50. The summed E-state index contributed by atoms with van der Waals surface area (Å²) in [5.74, 6) is 0. The van der Waals surface area contributed by atoms with Gasteiger partial charge in [0.25, 0.3) is 0 Å². The van der Waals surface area contributed by atoms with Crippen LogP contribution in [-0.2, 0) is 75.5 Å². The zero-order chi connectivity index (χ0) is 91.3. The molecule has 116 heavy (non-hydrogen) atoms. The van der Waals surface area contributed by atoms with Gasteiger partial charge in [-0.15, -0.1) is 0 Å². The Kier molecular flexibility index (Phi) is 16.0. The molecule has 4 aromatic heterocycles. The van der Waals surface area contributed by atoms with Crippen molar-refractivity contribution in [1.82, 2.24) is 0 Å². The van der Waals surface area contributed by atoms with Gasteiger partial charge in [-0.25, -0.2) is 18.3 Å². The van der Waals surface area contributed by atoms with Crippen LogP contribution in [0, 0.1) is 55.1 Å². The molecule has 16 aromatic rings. The summed E-state index contributed by atoms with van der Waals surface area (Å²) in [7, 11) is 7.76. The van der Waals surface area contributed by atoms with E-state index in [1.165, 1.54) is 171 Å². The summed E-state index contributed by atoms with van der Waals surface area (Å²) in [5, 5.41) is 10.2. The summed E-state index contributed by atoms with van der Waals surface area (Å²) >= 11 is 0. The molecule has 0 radical (unpaired) electrons. The molecule has 0 fully saturated rings. The Morgan fingerprint density at radius 1 is 0.259 bits per heavy atom. The predicted octanol–water partition coefficient (Wildman–Crippen LogP) is 25.8. The van der Waals surface area contributed by atoms with Gasteiger partial charge in [0, 0.05) is 79.4 Å². The maximum absolute atomic E-state index is 7.83. The molecule has 4 heteroatoms. The molecular formula is C112H112N4+4. The molecule has 4 aliphatic carbocycles. The zero-order valence-corrected chi connectivity index (χ0v) is 70.0. The van der Waals surface area contributed by atoms with Crippen molar-refractivity contribution in [2.24, 2.45) is 28.2 Å². The highest BCUT2D eigenvalue weighted by atomic mass is 14.9. The van der Waals surface area contributed by atoms with E-state index in [0.717, 1.165) is 54.0 Å². The fraction of sp³-hybridized carbons (Fsp3) is 0.250. The lowest BCUT2D eigenvalue weighted by atomic mass is 9.54. The van der Waals surface area contributed by atoms with E-state index in [0.29, 0.717) is 22.3 Å². The molecule has 4 heterocycles. The largest absolute Gasteiger partial charge is 0.212 e. The van der Waals surface area contributed by atoms with E-state index in [1.807, 2.05) is 70.7 Å². The minimum absolute atomic E-state index is 0.0593. The summed E-state index contributed by atoms with van der Waals surface area (Å²) in [4.78, 5) is 0. The van der Waals surface area contributed by atoms with Crippen LogP contribution in [0.5, 0.6) is 0 Å². The Morgan fingerprint density at radius 2 is 0.672 bits per heavy atom. The van der Waals surface area contributed by atoms with Crippen LogP contribution in [0.1, 0.15) is 161 Å². The molecule has 0 aliphatic heterocycles. The van der Waals surface area contributed by atoms with Crippen LogP contribution in [0.25, 0.3) is 133 Å². The molecule has 4 aliphatic rings. The van der Waals surface area contributed by atoms with Gasteiger partial charge >= 0.3 is 0 Å². The number of aromatic nitrogens is 4. The number of hydrogen-bond donors (Lipinski definition) is 0. The molecule has 4 nitrogen and oxygen atoms in total. The Morgan fingerprint density at radius 3 is 1.22 bits per heavy atom. The number of benzene rings is 12. The number of fused-ring (bicyclic) bond motifs is 19. The molecule has 0 amide bonds. The average molecular weight is 1530 g/mol. The Balaban J connectivity index is 0.000000120. The summed E-state index contributed by atoms with van der Waals surface area (Å²) < 4.78 is 101. The number of hydrogen-bond acceptors (Lipinski definition) is 0. The van der Waals surface area contributed by atoms with Crippen LogP contribution in [0.2, 0.25) is 0 Å². The van der Waals surface area contributed by atoms with Gasteiger partial charge in [0.2, 0.25) is 22.8 Å². The molecule has 0 saturated heterocycles. The minimum Gasteiger partial charge on any atom is -0.201 e. The summed E-state index contributed by atoms with van der Waals surface area (Å²) in [6.45, 7) is 19.1. The first-order valence-corrected chi connectivity index (χ1v) is 41.0. The lowest BCUT2D eigenvalue weighted by molar-refractivity contribution is -0.660. The number of pyridine rings is 4. The van der Waals surface area contributed by atoms with Gasteiger partial charge in [0.1, 0.15) is 28.2 Å². The number of rotatable bonds is 4. The standard InChI is InChI=1S/2C30H32N.2C26H24N/c1-19-12-17-25(31(7)18-19)26-20(2)13-15-23-27-22-11-9-8-10-21(22)14-16-24(27)29(3,4)30(5,6)28(23)26;1-19-12-15-27(31(7)18-19)24-17-25-23-14-13-21-10-8-9-11-22(21)28(23)30(5,6)29(3,4)26(25)16-20(24)2;1-17-8-15-24(27(3)16-17)25-18(2)9-13-23-22(25)14-12-20-11-10-19-6-4-5-7-21(19)26(20)23;1-17-8-13-25(27(3)16-17)26-18(2)9-11-22-23(26)12-10-21-14-19-6-4-5-7-20(19)15-24(21)22/h2*8-18H,1-7H3;4-11,13,15-16H,12,14H2,1-3H3;4-9,11,13-16H,10,12H2,1-3H3/q4*+1/i4*1D3. The van der Waals surface area contributed by atoms with Crippen LogP contribution in [0.15, 0.2) is 267 Å². The van der Waals surface area contributed by atoms with Crippen molar-refractivity contribution in [2.45, 2.75) is 158 Å². The Hall–Kier alpha value is -11.7. The van der Waals surface area contributed by atoms with E-state index in [2.05, 4.69) is 277 Å². The zero-order valence-electron chi connectivity index (χ0n) is 82.0. The second-order valence-electron chi connectivity index (χ2n) is 35.2. The second kappa shape index (κ2) is 29.2. The maximum atomic E-state index is 7.83. The minimum atomic E-state index is -2.12. The fourth-order valence-electron chi connectivity index (χ4n) is 20.0. The normalized spacial score (nSPS) is 16.5. The van der Waals surface area contributed by atoms with Crippen molar-refractivity contribution in [3.05, 3.63) is 356 Å². The van der Waals surface area contributed by atoms with Crippen LogP contribution < -0.4 is 18.3 Å². The first kappa shape index (κ1) is 63.6. The SMILES string of the molecule is [2H]C([2H])([2H])c1ccc(-c2c(C)ccc3c2C(C)(C)C(C)(C)c2ccc4ccccc4c2-3)[n+](C)c1.[2H]C([2H])([2H])c1ccc(-c2c(C)ccc3c2CCc2cc4ccccc4cc2-3)[n+](C)c1.[2H]C([2H])([2H])c1ccc(-c2c(C)ccc3c2CCc2ccc4ccccc4c2-3)[n+](C)c1.[2H]C([2H])([2H])c1ccc(-c2cc3c(cc2C)C(C)(C)C(C)(C)c2c-3ccc3ccccc23)[n+](C)c1. The predicted molar refractivity (Wildman–Crippen MR) is 489 cm³/mol. The van der Waals surface area contributed by atoms with E-state index in [1.54, 1.807) is 49.1 Å². The van der Waals surface area contributed by atoms with Gasteiger partial charge in [0.15, 0.2) is 24.8 Å². The summed E-state index contributed by atoms with van der Waals surface area (Å²) in [6, 6.07) is 85.5. The maximum Gasteiger partial charge on any atom is 0.212 e. The molecule has 0 atom stereocenters. The van der Waals surface area contributed by atoms with Gasteiger partial charge < -0.3 is 0 Å². The Labute approximate surface area is 706 Å². The lowest BCUT2D eigenvalue weighted by Crippen LogP contribution is -2.44. The van der Waals surface area contributed by atoms with Gasteiger partial charge in [-0.05, 0) is 282 Å². The number of nitrogens with zero attached hydrogens (tertiary/aromatic N) is 4. The molecule has 576 valence electrons. The molecule has 12 aromatic carbocycles. The van der Waals surface area contributed by atoms with Crippen molar-refractivity contribution in [3.8, 4) is 89.5 Å². The summed E-state index contributed by atoms with van der Waals surface area (Å²) in [5.41, 5.74) is 36.2. The van der Waals surface area contributed by atoms with Crippen molar-refractivity contribution in [2.75, 3.05) is 0 Å². The van der Waals surface area contributed by atoms with Crippen LogP contribution >= 0.6 is 0 Å². The first-order chi connectivity index (χ1) is 60.4. The third-order valence-electron chi connectivity index (χ3n) is 27.4. The van der Waals surface area contributed by atoms with Crippen molar-refractivity contribution in [3.63, 3.8) is 0 Å². The molecule has 0 saturated carbocycles. The van der Waals surface area contributed by atoms with Gasteiger partial charge in [-0.2, -0.15) is 0 Å². The van der Waals surface area contributed by atoms with Gasteiger partial charge in [0.05, 0.1) is 16.7 Å². The van der Waals surface area contributed by atoms with Crippen LogP contribution in [-0.4, -0.2) is 0 Å². The van der Waals surface area contributed by atoms with E-state index < -0.39 is 27.4 Å². The first-order valence-electron chi connectivity index (χ1n) is 47.0. The molecular weight excluding hydrogens is 1400 g/mol. The van der Waals surface area contributed by atoms with Gasteiger partial charge in [-0.3, -0.25) is 0 Å². The van der Waals surface area contributed by atoms with E-state index in [-0.39, 0.29) is 21.7 Å². The summed E-state index contributed by atoms with van der Waals surface area (Å²) in [6.07, 6.45) is 11.0. The average Bonchev–Trinajstić information content (AvgIpc) is 0.695. The van der Waals surface area contributed by atoms with Crippen LogP contribution in [0.4, 0.5) is 0 Å². The monoisotopic (exact) mass is 1520 g/mol. The third kappa shape index (κ3) is 12.8. The van der Waals surface area contributed by atoms with E-state index in [4.69, 9.17) is 16.4 Å². The van der Waals surface area contributed by atoms with Crippen molar-refractivity contribution < 1.29 is 34.7 Å². The smallest absolute Gasteiger partial charge is 0.201 e. The van der Waals surface area contributed by atoms with Crippen LogP contribution in [0.3, 0.4) is 0 Å². The molecule has 20 rings (SSSR count).